The fraction of sp³-hybridized carbons (Fsp3) is 0.143. The normalized spacial score (nSPS) is 14.0. The van der Waals surface area contributed by atoms with Crippen molar-refractivity contribution in [3.63, 3.8) is 0 Å². The fourth-order valence-corrected chi connectivity index (χ4v) is 6.29. The summed E-state index contributed by atoms with van der Waals surface area (Å²) in [5.74, 6) is 0. The lowest BCUT2D eigenvalue weighted by Crippen LogP contribution is -2.39. The van der Waals surface area contributed by atoms with Crippen molar-refractivity contribution in [3.8, 4) is 11.1 Å². The van der Waals surface area contributed by atoms with Crippen LogP contribution in [0.3, 0.4) is 0 Å². The Balaban J connectivity index is 1.96. The summed E-state index contributed by atoms with van der Waals surface area (Å²) >= 11 is 0. The van der Waals surface area contributed by atoms with Crippen molar-refractivity contribution in [1.29, 1.82) is 0 Å². The van der Waals surface area contributed by atoms with Crippen molar-refractivity contribution in [2.75, 3.05) is 0 Å². The van der Waals surface area contributed by atoms with Crippen molar-refractivity contribution in [1.82, 2.24) is 0 Å². The highest BCUT2D eigenvalue weighted by Gasteiger charge is 2.46. The number of hydrogen-bond acceptors (Lipinski definition) is 2. The van der Waals surface area contributed by atoms with Gasteiger partial charge in [-0.2, -0.15) is 0 Å². The molecule has 0 aromatic heterocycles. The minimum absolute atomic E-state index is 0.512. The van der Waals surface area contributed by atoms with Gasteiger partial charge in [0.1, 0.15) is 0 Å². The average Bonchev–Trinajstić information content (AvgIpc) is 3.09. The summed E-state index contributed by atoms with van der Waals surface area (Å²) in [6.45, 7) is 7.14. The van der Waals surface area contributed by atoms with E-state index in [9.17, 15) is 10.0 Å². The third kappa shape index (κ3) is 3.10. The minimum Gasteiger partial charge on any atom is -0.423 e. The Kier molecular flexibility index (Phi) is 4.97. The van der Waals surface area contributed by atoms with Crippen LogP contribution in [0.15, 0.2) is 97.1 Å². The maximum absolute atomic E-state index is 10.00. The van der Waals surface area contributed by atoms with Gasteiger partial charge in [0.05, 0.1) is 13.5 Å². The Morgan fingerprint density at radius 3 is 1.62 bits per heavy atom. The first kappa shape index (κ1) is 21.0. The molecular formula is C28H27BO2Si. The summed E-state index contributed by atoms with van der Waals surface area (Å²) in [6.07, 6.45) is 0. The first-order valence-corrected chi connectivity index (χ1v) is 14.6. The second kappa shape index (κ2) is 7.59. The van der Waals surface area contributed by atoms with Crippen LogP contribution >= 0.6 is 0 Å². The van der Waals surface area contributed by atoms with Crippen LogP contribution in [0, 0.1) is 0 Å². The molecule has 0 aliphatic heterocycles. The van der Waals surface area contributed by atoms with E-state index in [0.717, 1.165) is 11.1 Å². The molecule has 0 saturated heterocycles. The second-order valence-electron chi connectivity index (χ2n) is 9.67. The highest BCUT2D eigenvalue weighted by molar-refractivity contribution is 6.88. The molecule has 2 nitrogen and oxygen atoms in total. The van der Waals surface area contributed by atoms with Crippen LogP contribution in [0.2, 0.25) is 19.6 Å². The van der Waals surface area contributed by atoms with Crippen molar-refractivity contribution in [3.05, 3.63) is 119 Å². The third-order valence-corrected chi connectivity index (χ3v) is 8.78. The van der Waals surface area contributed by atoms with E-state index in [1.54, 1.807) is 0 Å². The van der Waals surface area contributed by atoms with Crippen molar-refractivity contribution in [2.45, 2.75) is 25.1 Å². The number of hydrogen-bond donors (Lipinski definition) is 2. The lowest BCUT2D eigenvalue weighted by Gasteiger charge is -2.34. The van der Waals surface area contributed by atoms with E-state index in [2.05, 4.69) is 86.4 Å². The van der Waals surface area contributed by atoms with E-state index < -0.39 is 20.6 Å². The Morgan fingerprint density at radius 2 is 1.12 bits per heavy atom. The molecule has 0 amide bonds. The predicted octanol–water partition coefficient (Wildman–Crippen LogP) is 4.27. The molecule has 0 fully saturated rings. The van der Waals surface area contributed by atoms with Crippen molar-refractivity contribution in [2.24, 2.45) is 0 Å². The SMILES string of the molecule is C[Si](C)(C)c1ccc2c(c1)C(c1ccccc1)(c1ccccc1)c1cc(B(O)O)ccc1-2. The standard InChI is InChI=1S/C28H27BO2Si/c1-32(2,3)23-15-17-25-24-16-14-22(29(30)31)18-26(24)28(27(25)19-23,20-10-6-4-7-11-20)21-12-8-5-9-13-21/h4-19,30-31H,1-3H3. The first-order valence-electron chi connectivity index (χ1n) is 11.1. The maximum Gasteiger partial charge on any atom is 0.488 e. The fourth-order valence-electron chi connectivity index (χ4n) is 5.13. The average molecular weight is 434 g/mol. The van der Waals surface area contributed by atoms with Crippen molar-refractivity contribution < 1.29 is 10.0 Å². The van der Waals surface area contributed by atoms with E-state index in [1.165, 1.54) is 27.4 Å². The van der Waals surface area contributed by atoms with Gasteiger partial charge in [0.25, 0.3) is 0 Å². The number of fused-ring (bicyclic) bond motifs is 3. The molecule has 0 heterocycles. The van der Waals surface area contributed by atoms with Crippen molar-refractivity contribution >= 4 is 25.8 Å². The Morgan fingerprint density at radius 1 is 0.625 bits per heavy atom. The van der Waals surface area contributed by atoms with Gasteiger partial charge in [-0.15, -0.1) is 0 Å². The molecule has 0 radical (unpaired) electrons. The molecule has 4 aromatic carbocycles. The highest BCUT2D eigenvalue weighted by Crippen LogP contribution is 2.55. The smallest absolute Gasteiger partial charge is 0.423 e. The van der Waals surface area contributed by atoms with Gasteiger partial charge in [-0.05, 0) is 38.8 Å². The highest BCUT2D eigenvalue weighted by atomic mass is 28.3. The molecular weight excluding hydrogens is 407 g/mol. The summed E-state index contributed by atoms with van der Waals surface area (Å²) in [6, 6.07) is 34.0. The zero-order chi connectivity index (χ0) is 22.5. The molecule has 2 N–H and O–H groups in total. The second-order valence-corrected chi connectivity index (χ2v) is 14.7. The van der Waals surface area contributed by atoms with Gasteiger partial charge in [0, 0.05) is 0 Å². The molecule has 0 saturated carbocycles. The zero-order valence-electron chi connectivity index (χ0n) is 18.7. The molecule has 0 spiro atoms. The van der Waals surface area contributed by atoms with Crippen LogP contribution in [0.25, 0.3) is 11.1 Å². The summed E-state index contributed by atoms with van der Waals surface area (Å²) in [7, 11) is -3.06. The summed E-state index contributed by atoms with van der Waals surface area (Å²) in [5.41, 5.74) is 7.10. The van der Waals surface area contributed by atoms with Crippen LogP contribution in [-0.4, -0.2) is 25.2 Å². The lowest BCUT2D eigenvalue weighted by atomic mass is 9.66. The van der Waals surface area contributed by atoms with Gasteiger partial charge >= 0.3 is 7.12 Å². The quantitative estimate of drug-likeness (QED) is 0.415. The van der Waals surface area contributed by atoms with Crippen LogP contribution in [0.1, 0.15) is 22.3 Å². The number of rotatable bonds is 4. The molecule has 32 heavy (non-hydrogen) atoms. The maximum atomic E-state index is 10.00. The van der Waals surface area contributed by atoms with E-state index >= 15 is 0 Å². The Bertz CT molecular complexity index is 1240. The summed E-state index contributed by atoms with van der Waals surface area (Å²) in [5, 5.41) is 21.4. The van der Waals surface area contributed by atoms with E-state index in [4.69, 9.17) is 0 Å². The van der Waals surface area contributed by atoms with Crippen LogP contribution < -0.4 is 10.6 Å². The van der Waals surface area contributed by atoms with E-state index in [1.807, 2.05) is 30.3 Å². The monoisotopic (exact) mass is 434 g/mol. The predicted molar refractivity (Wildman–Crippen MR) is 137 cm³/mol. The third-order valence-electron chi connectivity index (χ3n) is 6.74. The van der Waals surface area contributed by atoms with Crippen LogP contribution in [0.5, 0.6) is 0 Å². The molecule has 4 heteroatoms. The zero-order valence-corrected chi connectivity index (χ0v) is 19.7. The molecule has 4 aromatic rings. The van der Waals surface area contributed by atoms with Gasteiger partial charge in [-0.1, -0.05) is 122 Å². The Labute approximate surface area is 191 Å². The molecule has 0 atom stereocenters. The van der Waals surface area contributed by atoms with E-state index in [-0.39, 0.29) is 0 Å². The van der Waals surface area contributed by atoms with Gasteiger partial charge in [0.2, 0.25) is 0 Å². The number of benzene rings is 4. The topological polar surface area (TPSA) is 40.5 Å². The molecule has 158 valence electrons. The van der Waals surface area contributed by atoms with Gasteiger partial charge < -0.3 is 10.0 Å². The summed E-state index contributed by atoms with van der Waals surface area (Å²) < 4.78 is 0. The van der Waals surface area contributed by atoms with Crippen LogP contribution in [-0.2, 0) is 5.41 Å². The van der Waals surface area contributed by atoms with E-state index in [0.29, 0.717) is 5.46 Å². The summed E-state index contributed by atoms with van der Waals surface area (Å²) in [4.78, 5) is 0. The molecule has 1 aliphatic rings. The molecule has 0 bridgehead atoms. The van der Waals surface area contributed by atoms with Gasteiger partial charge in [0.15, 0.2) is 0 Å². The lowest BCUT2D eigenvalue weighted by molar-refractivity contribution is 0.425. The molecule has 0 unspecified atom stereocenters. The van der Waals surface area contributed by atoms with Gasteiger partial charge in [-0.25, -0.2) is 0 Å². The Hall–Kier alpha value is -2.92. The molecule has 5 rings (SSSR count). The minimum atomic E-state index is -1.55. The largest absolute Gasteiger partial charge is 0.488 e. The first-order chi connectivity index (χ1) is 15.3. The van der Waals surface area contributed by atoms with Gasteiger partial charge in [-0.3, -0.25) is 0 Å². The van der Waals surface area contributed by atoms with Crippen LogP contribution in [0.4, 0.5) is 0 Å². The molecule has 1 aliphatic carbocycles.